The van der Waals surface area contributed by atoms with Crippen molar-refractivity contribution in [1.29, 1.82) is 0 Å². The average Bonchev–Trinajstić information content (AvgIpc) is 3.50. The summed E-state index contributed by atoms with van der Waals surface area (Å²) in [4.78, 5) is 4.63. The van der Waals surface area contributed by atoms with Gasteiger partial charge in [0, 0.05) is 43.6 Å². The number of benzene rings is 1. The molecular weight excluding hydrogens is 341 g/mol. The summed E-state index contributed by atoms with van der Waals surface area (Å²) in [6, 6.07) is 10.1. The van der Waals surface area contributed by atoms with E-state index in [0.29, 0.717) is 12.1 Å². The lowest BCUT2D eigenvalue weighted by Crippen LogP contribution is -2.28. The number of aromatic nitrogens is 1. The summed E-state index contributed by atoms with van der Waals surface area (Å²) in [6.07, 6.45) is 7.15. The van der Waals surface area contributed by atoms with Crippen molar-refractivity contribution in [3.05, 3.63) is 65.1 Å². The molecule has 1 unspecified atom stereocenters. The highest BCUT2D eigenvalue weighted by Gasteiger charge is 2.19. The van der Waals surface area contributed by atoms with E-state index in [-0.39, 0.29) is 5.82 Å². The predicted molar refractivity (Wildman–Crippen MR) is 106 cm³/mol. The Morgan fingerprint density at radius 3 is 2.78 bits per heavy atom. The molecule has 2 fully saturated rings. The number of ether oxygens (including phenoxy) is 1. The molecule has 1 aromatic heterocycles. The lowest BCUT2D eigenvalue weighted by atomic mass is 9.94. The minimum absolute atomic E-state index is 0.200. The van der Waals surface area contributed by atoms with Gasteiger partial charge in [0.05, 0.1) is 0 Å². The number of hydrogen-bond acceptors (Lipinski definition) is 4. The quantitative estimate of drug-likeness (QED) is 0.760. The van der Waals surface area contributed by atoms with E-state index < -0.39 is 0 Å². The van der Waals surface area contributed by atoms with Gasteiger partial charge in [-0.25, -0.2) is 9.37 Å². The summed E-state index contributed by atoms with van der Waals surface area (Å²) in [6.45, 7) is 4.64. The van der Waals surface area contributed by atoms with Gasteiger partial charge in [-0.1, -0.05) is 12.1 Å². The number of anilines is 1. The maximum absolute atomic E-state index is 13.6. The van der Waals surface area contributed by atoms with Crippen LogP contribution in [0.1, 0.15) is 36.0 Å². The smallest absolute Gasteiger partial charge is 0.126 e. The molecule has 0 amide bonds. The van der Waals surface area contributed by atoms with Gasteiger partial charge in [-0.2, -0.15) is 0 Å². The predicted octanol–water partition coefficient (Wildman–Crippen LogP) is 3.91. The molecular formula is C22H26FN3O. The Labute approximate surface area is 159 Å². The first-order valence-electron chi connectivity index (χ1n) is 9.70. The van der Waals surface area contributed by atoms with E-state index >= 15 is 0 Å². The average molecular weight is 367 g/mol. The monoisotopic (exact) mass is 367 g/mol. The summed E-state index contributed by atoms with van der Waals surface area (Å²) in [5.41, 5.74) is 4.17. The van der Waals surface area contributed by atoms with Gasteiger partial charge in [0.1, 0.15) is 11.6 Å². The molecule has 0 radical (unpaired) electrons. The van der Waals surface area contributed by atoms with Crippen molar-refractivity contribution in [2.45, 2.75) is 38.3 Å². The van der Waals surface area contributed by atoms with Gasteiger partial charge in [-0.05, 0) is 67.2 Å². The Kier molecular flexibility index (Phi) is 5.50. The highest BCUT2D eigenvalue weighted by atomic mass is 19.1. The van der Waals surface area contributed by atoms with E-state index in [1.54, 1.807) is 6.07 Å². The van der Waals surface area contributed by atoms with Crippen LogP contribution in [0, 0.1) is 12.7 Å². The van der Waals surface area contributed by atoms with Gasteiger partial charge in [-0.15, -0.1) is 0 Å². The molecule has 4 rings (SSSR count). The fourth-order valence-electron chi connectivity index (χ4n) is 3.51. The van der Waals surface area contributed by atoms with Crippen molar-refractivity contribution in [2.24, 2.45) is 0 Å². The van der Waals surface area contributed by atoms with Gasteiger partial charge in [0.15, 0.2) is 0 Å². The molecule has 3 heterocycles. The Balaban J connectivity index is 1.56. The molecule has 1 aromatic carbocycles. The van der Waals surface area contributed by atoms with Gasteiger partial charge >= 0.3 is 0 Å². The molecule has 27 heavy (non-hydrogen) atoms. The topological polar surface area (TPSA) is 56.1 Å². The molecule has 2 N–H and O–H groups in total. The molecule has 2 aliphatic rings. The third-order valence-corrected chi connectivity index (χ3v) is 5.23. The first kappa shape index (κ1) is 18.1. The lowest BCUT2D eigenvalue weighted by Gasteiger charge is -2.23. The Morgan fingerprint density at radius 2 is 2.11 bits per heavy atom. The van der Waals surface area contributed by atoms with Gasteiger partial charge < -0.3 is 15.4 Å². The van der Waals surface area contributed by atoms with E-state index in [4.69, 9.17) is 4.74 Å². The zero-order valence-corrected chi connectivity index (χ0v) is 15.7. The van der Waals surface area contributed by atoms with E-state index in [0.717, 1.165) is 67.1 Å². The first-order chi connectivity index (χ1) is 13.2. The maximum Gasteiger partial charge on any atom is 0.126 e. The van der Waals surface area contributed by atoms with Crippen LogP contribution < -0.4 is 10.6 Å². The molecule has 2 saturated heterocycles. The Bertz CT molecular complexity index is 809. The summed E-state index contributed by atoms with van der Waals surface area (Å²) in [5.74, 6) is 0.693. The number of nitrogens with one attached hydrogen (secondary N) is 2. The van der Waals surface area contributed by atoms with Crippen LogP contribution in [-0.4, -0.2) is 36.8 Å². The van der Waals surface area contributed by atoms with Crippen molar-refractivity contribution in [2.75, 3.05) is 25.1 Å². The van der Waals surface area contributed by atoms with Crippen LogP contribution in [0.25, 0.3) is 5.57 Å². The van der Waals surface area contributed by atoms with Gasteiger partial charge in [-0.3, -0.25) is 0 Å². The minimum atomic E-state index is -0.200. The van der Waals surface area contributed by atoms with Crippen LogP contribution in [0.15, 0.2) is 42.6 Å². The molecule has 0 spiro atoms. The van der Waals surface area contributed by atoms with Crippen molar-refractivity contribution >= 4 is 11.4 Å². The zero-order valence-electron chi connectivity index (χ0n) is 15.7. The van der Waals surface area contributed by atoms with Gasteiger partial charge in [0.2, 0.25) is 0 Å². The zero-order chi connectivity index (χ0) is 18.6. The number of aryl methyl sites for hydroxylation is 1. The highest BCUT2D eigenvalue weighted by Crippen LogP contribution is 2.28. The molecule has 0 saturated carbocycles. The van der Waals surface area contributed by atoms with E-state index in [1.807, 2.05) is 25.3 Å². The van der Waals surface area contributed by atoms with Crippen molar-refractivity contribution in [3.8, 4) is 0 Å². The van der Waals surface area contributed by atoms with Crippen LogP contribution >= 0.6 is 0 Å². The summed E-state index contributed by atoms with van der Waals surface area (Å²) in [7, 11) is 0. The minimum Gasteiger partial charge on any atom is -0.381 e. The second kappa shape index (κ2) is 8.19. The van der Waals surface area contributed by atoms with Crippen LogP contribution in [0.2, 0.25) is 0 Å². The molecule has 4 nitrogen and oxygen atoms in total. The number of pyridine rings is 1. The summed E-state index contributed by atoms with van der Waals surface area (Å²) in [5, 5.41) is 6.83. The first-order valence-corrected chi connectivity index (χ1v) is 9.70. The van der Waals surface area contributed by atoms with Crippen molar-refractivity contribution < 1.29 is 9.13 Å². The van der Waals surface area contributed by atoms with Crippen molar-refractivity contribution in [1.82, 2.24) is 10.3 Å². The van der Waals surface area contributed by atoms with Crippen LogP contribution in [0.4, 0.5) is 10.2 Å². The van der Waals surface area contributed by atoms with E-state index in [1.165, 1.54) is 6.07 Å². The maximum atomic E-state index is 13.6. The fraction of sp³-hybridized carbons (Fsp3) is 0.409. The largest absolute Gasteiger partial charge is 0.381 e. The Hall–Kier alpha value is -2.24. The summed E-state index contributed by atoms with van der Waals surface area (Å²) >= 11 is 0. The molecule has 0 bridgehead atoms. The molecule has 5 heteroatoms. The van der Waals surface area contributed by atoms with E-state index in [2.05, 4.69) is 27.8 Å². The van der Waals surface area contributed by atoms with Gasteiger partial charge in [0.25, 0.3) is 0 Å². The molecule has 142 valence electrons. The normalized spacial score (nSPS) is 20.5. The van der Waals surface area contributed by atoms with Crippen molar-refractivity contribution in [3.63, 3.8) is 0 Å². The Morgan fingerprint density at radius 1 is 1.30 bits per heavy atom. The second-order valence-corrected chi connectivity index (χ2v) is 7.38. The third kappa shape index (κ3) is 4.73. The number of hydrogen-bond donors (Lipinski definition) is 2. The fourth-order valence-corrected chi connectivity index (χ4v) is 3.51. The standard InChI is InChI=1S/C22H26FN3O/c1-15-12-17(23)3-5-20(15)21(6-4-19-14-24-19)16-2-7-22(25-13-16)26-18-8-10-27-11-9-18/h2-3,5-7,12-13,18-19,24H,4,8-11,14H2,1H3,(H,25,26)/b21-6-. The van der Waals surface area contributed by atoms with Crippen LogP contribution in [-0.2, 0) is 4.74 Å². The molecule has 2 aliphatic heterocycles. The molecule has 0 aliphatic carbocycles. The van der Waals surface area contributed by atoms with Crippen LogP contribution in [0.3, 0.4) is 0 Å². The second-order valence-electron chi connectivity index (χ2n) is 7.38. The van der Waals surface area contributed by atoms with E-state index in [9.17, 15) is 4.39 Å². The number of rotatable bonds is 6. The third-order valence-electron chi connectivity index (χ3n) is 5.23. The molecule has 2 aromatic rings. The summed E-state index contributed by atoms with van der Waals surface area (Å²) < 4.78 is 19.0. The number of nitrogens with zero attached hydrogens (tertiary/aromatic N) is 1. The SMILES string of the molecule is Cc1cc(F)ccc1/C(=C\CC1CN1)c1ccc(NC2CCOCC2)nc1. The lowest BCUT2D eigenvalue weighted by molar-refractivity contribution is 0.0904. The molecule has 1 atom stereocenters. The number of halogens is 1. The van der Waals surface area contributed by atoms with Crippen LogP contribution in [0.5, 0.6) is 0 Å². The highest BCUT2D eigenvalue weighted by molar-refractivity contribution is 5.81.